The molecule has 2 rings (SSSR count). The number of hydrogen-bond donors (Lipinski definition) is 1. The van der Waals surface area contributed by atoms with Crippen molar-refractivity contribution in [2.24, 2.45) is 0 Å². The zero-order chi connectivity index (χ0) is 20.4. The van der Waals surface area contributed by atoms with Crippen LogP contribution in [0.25, 0.3) is 0 Å². The van der Waals surface area contributed by atoms with Crippen LogP contribution in [0.15, 0.2) is 41.3 Å². The van der Waals surface area contributed by atoms with Crippen LogP contribution >= 0.6 is 11.6 Å². The van der Waals surface area contributed by atoms with E-state index in [0.29, 0.717) is 5.56 Å². The fourth-order valence-electron chi connectivity index (χ4n) is 2.08. The number of esters is 1. The summed E-state index contributed by atoms with van der Waals surface area (Å²) in [6, 6.07) is 7.76. The van der Waals surface area contributed by atoms with E-state index in [1.807, 2.05) is 0 Å². The molecule has 144 valence electrons. The second-order valence-corrected chi connectivity index (χ2v) is 8.34. The van der Waals surface area contributed by atoms with Crippen molar-refractivity contribution >= 4 is 39.0 Å². The van der Waals surface area contributed by atoms with Gasteiger partial charge in [0.15, 0.2) is 15.9 Å². The van der Waals surface area contributed by atoms with Crippen molar-refractivity contribution < 1.29 is 27.1 Å². The number of rotatable bonds is 5. The third-order valence-corrected chi connectivity index (χ3v) is 5.12. The highest BCUT2D eigenvalue weighted by atomic mass is 35.5. The molecule has 2 aromatic carbocycles. The van der Waals surface area contributed by atoms with Crippen LogP contribution in [0, 0.1) is 12.7 Å². The molecule has 0 heterocycles. The molecule has 0 spiro atoms. The predicted molar refractivity (Wildman–Crippen MR) is 99.2 cm³/mol. The molecule has 27 heavy (non-hydrogen) atoms. The van der Waals surface area contributed by atoms with Crippen molar-refractivity contribution in [3.05, 3.63) is 58.4 Å². The van der Waals surface area contributed by atoms with Gasteiger partial charge in [-0.25, -0.2) is 17.6 Å². The summed E-state index contributed by atoms with van der Waals surface area (Å²) < 4.78 is 41.8. The first kappa shape index (κ1) is 20.9. The minimum absolute atomic E-state index is 0.0133. The molecule has 1 amide bonds. The van der Waals surface area contributed by atoms with Crippen LogP contribution in [0.4, 0.5) is 10.1 Å². The number of hydrogen-bond acceptors (Lipinski definition) is 5. The number of sulfone groups is 1. The van der Waals surface area contributed by atoms with E-state index in [-0.39, 0.29) is 21.2 Å². The Kier molecular flexibility index (Phi) is 6.22. The molecule has 0 aliphatic rings. The van der Waals surface area contributed by atoms with Crippen LogP contribution in [-0.2, 0) is 19.4 Å². The van der Waals surface area contributed by atoms with E-state index < -0.39 is 33.6 Å². The van der Waals surface area contributed by atoms with E-state index in [2.05, 4.69) is 5.32 Å². The molecule has 0 saturated carbocycles. The van der Waals surface area contributed by atoms with Crippen LogP contribution in [0.5, 0.6) is 0 Å². The summed E-state index contributed by atoms with van der Waals surface area (Å²) in [5, 5.41) is 2.42. The lowest BCUT2D eigenvalue weighted by molar-refractivity contribution is -0.123. The average molecular weight is 414 g/mol. The summed E-state index contributed by atoms with van der Waals surface area (Å²) in [5.74, 6) is -2.12. The SMILES string of the molecule is Cc1ccc(NC(=O)[C@@H](C)OC(=O)c2cc(S(C)(=O)=O)ccc2Cl)cc1F. The van der Waals surface area contributed by atoms with Gasteiger partial charge in [0.2, 0.25) is 0 Å². The highest BCUT2D eigenvalue weighted by Crippen LogP contribution is 2.22. The largest absolute Gasteiger partial charge is 0.449 e. The van der Waals surface area contributed by atoms with Crippen LogP contribution in [0.1, 0.15) is 22.8 Å². The molecule has 0 aliphatic carbocycles. The number of anilines is 1. The van der Waals surface area contributed by atoms with Gasteiger partial charge in [-0.05, 0) is 49.7 Å². The molecule has 0 bridgehead atoms. The first-order chi connectivity index (χ1) is 12.5. The molecule has 0 saturated heterocycles. The third-order valence-electron chi connectivity index (χ3n) is 3.68. The van der Waals surface area contributed by atoms with Gasteiger partial charge in [-0.2, -0.15) is 0 Å². The average Bonchev–Trinajstić information content (AvgIpc) is 2.57. The topological polar surface area (TPSA) is 89.5 Å². The molecule has 0 unspecified atom stereocenters. The van der Waals surface area contributed by atoms with E-state index in [9.17, 15) is 22.4 Å². The van der Waals surface area contributed by atoms with Gasteiger partial charge in [0.1, 0.15) is 5.82 Å². The maximum atomic E-state index is 13.5. The Morgan fingerprint density at radius 1 is 1.19 bits per heavy atom. The van der Waals surface area contributed by atoms with Crippen molar-refractivity contribution in [1.82, 2.24) is 0 Å². The number of amides is 1. The number of aryl methyl sites for hydroxylation is 1. The second-order valence-electron chi connectivity index (χ2n) is 5.91. The van der Waals surface area contributed by atoms with Gasteiger partial charge in [0, 0.05) is 11.9 Å². The third kappa shape index (κ3) is 5.27. The lowest BCUT2D eigenvalue weighted by Crippen LogP contribution is -2.30. The normalized spacial score (nSPS) is 12.3. The number of halogens is 2. The molecule has 2 aromatic rings. The first-order valence-corrected chi connectivity index (χ1v) is 10.0. The number of nitrogens with one attached hydrogen (secondary N) is 1. The Morgan fingerprint density at radius 2 is 1.85 bits per heavy atom. The Bertz CT molecular complexity index is 1010. The number of carbonyl (C=O) groups is 2. The molecule has 0 fully saturated rings. The molecular formula is C18H17ClFNO5S. The van der Waals surface area contributed by atoms with Gasteiger partial charge >= 0.3 is 5.97 Å². The van der Waals surface area contributed by atoms with E-state index in [1.165, 1.54) is 31.2 Å². The van der Waals surface area contributed by atoms with E-state index >= 15 is 0 Å². The molecular weight excluding hydrogens is 397 g/mol. The van der Waals surface area contributed by atoms with Gasteiger partial charge in [-0.15, -0.1) is 0 Å². The standard InChI is InChI=1S/C18H17ClFNO5S/c1-10-4-5-12(8-16(10)20)21-17(22)11(2)26-18(23)14-9-13(27(3,24)25)6-7-15(14)19/h4-9,11H,1-3H3,(H,21,22)/t11-/m1/s1. The van der Waals surface area contributed by atoms with Crippen molar-refractivity contribution in [1.29, 1.82) is 0 Å². The van der Waals surface area contributed by atoms with Crippen molar-refractivity contribution in [3.63, 3.8) is 0 Å². The molecule has 1 N–H and O–H groups in total. The van der Waals surface area contributed by atoms with Crippen LogP contribution in [-0.4, -0.2) is 32.7 Å². The lowest BCUT2D eigenvalue weighted by atomic mass is 10.2. The van der Waals surface area contributed by atoms with Crippen LogP contribution in [0.3, 0.4) is 0 Å². The first-order valence-electron chi connectivity index (χ1n) is 7.76. The Morgan fingerprint density at radius 3 is 2.44 bits per heavy atom. The Balaban J connectivity index is 2.12. The number of benzene rings is 2. The number of ether oxygens (including phenoxy) is 1. The van der Waals surface area contributed by atoms with Gasteiger partial charge in [0.05, 0.1) is 15.5 Å². The summed E-state index contributed by atoms with van der Waals surface area (Å²) in [6.07, 6.45) is -0.234. The predicted octanol–water partition coefficient (Wildman–Crippen LogP) is 3.38. The zero-order valence-corrected chi connectivity index (χ0v) is 16.3. The van der Waals surface area contributed by atoms with Crippen LogP contribution < -0.4 is 5.32 Å². The maximum absolute atomic E-state index is 13.5. The summed E-state index contributed by atoms with van der Waals surface area (Å²) in [6.45, 7) is 2.91. The van der Waals surface area contributed by atoms with Gasteiger partial charge in [-0.1, -0.05) is 17.7 Å². The van der Waals surface area contributed by atoms with Gasteiger partial charge in [0.25, 0.3) is 5.91 Å². The van der Waals surface area contributed by atoms with Crippen LogP contribution in [0.2, 0.25) is 5.02 Å². The highest BCUT2D eigenvalue weighted by Gasteiger charge is 2.22. The summed E-state index contributed by atoms with van der Waals surface area (Å²) in [5.41, 5.74) is 0.455. The summed E-state index contributed by atoms with van der Waals surface area (Å²) in [4.78, 5) is 24.3. The molecule has 0 aliphatic heterocycles. The molecule has 6 nitrogen and oxygen atoms in total. The fourth-order valence-corrected chi connectivity index (χ4v) is 2.93. The fraction of sp³-hybridized carbons (Fsp3) is 0.222. The zero-order valence-electron chi connectivity index (χ0n) is 14.7. The van der Waals surface area contributed by atoms with E-state index in [1.54, 1.807) is 6.92 Å². The Hall–Kier alpha value is -2.45. The summed E-state index contributed by atoms with van der Waals surface area (Å²) >= 11 is 5.93. The monoisotopic (exact) mass is 413 g/mol. The molecule has 0 aromatic heterocycles. The molecule has 0 radical (unpaired) electrons. The minimum atomic E-state index is -3.55. The van der Waals surface area contributed by atoms with Gasteiger partial charge in [-0.3, -0.25) is 4.79 Å². The second kappa shape index (κ2) is 8.06. The molecule has 9 heteroatoms. The van der Waals surface area contributed by atoms with Crippen molar-refractivity contribution in [2.75, 3.05) is 11.6 Å². The minimum Gasteiger partial charge on any atom is -0.449 e. The lowest BCUT2D eigenvalue weighted by Gasteiger charge is -2.14. The molecule has 1 atom stereocenters. The van der Waals surface area contributed by atoms with Crippen molar-refractivity contribution in [3.8, 4) is 0 Å². The highest BCUT2D eigenvalue weighted by molar-refractivity contribution is 7.90. The van der Waals surface area contributed by atoms with Gasteiger partial charge < -0.3 is 10.1 Å². The Labute approximate surface area is 161 Å². The number of carbonyl (C=O) groups excluding carboxylic acids is 2. The van der Waals surface area contributed by atoms with Crippen molar-refractivity contribution in [2.45, 2.75) is 24.8 Å². The van der Waals surface area contributed by atoms with E-state index in [0.717, 1.165) is 18.4 Å². The quantitative estimate of drug-likeness (QED) is 0.759. The van der Waals surface area contributed by atoms with E-state index in [4.69, 9.17) is 16.3 Å². The maximum Gasteiger partial charge on any atom is 0.340 e. The summed E-state index contributed by atoms with van der Waals surface area (Å²) in [7, 11) is -3.55. The smallest absolute Gasteiger partial charge is 0.340 e.